The number of guanidine groups is 1. The number of aliphatic hydroxyl groups is 1. The molecule has 26 heavy (non-hydrogen) atoms. The van der Waals surface area contributed by atoms with Crippen molar-refractivity contribution in [3.8, 4) is 0 Å². The van der Waals surface area contributed by atoms with Gasteiger partial charge in [0, 0.05) is 30.9 Å². The molecule has 0 fully saturated rings. The molecule has 0 spiro atoms. The summed E-state index contributed by atoms with van der Waals surface area (Å²) < 4.78 is 27.0. The third kappa shape index (κ3) is 9.14. The average molecular weight is 502 g/mol. The summed E-state index contributed by atoms with van der Waals surface area (Å²) in [4.78, 5) is 4.41. The molecular formula is C15H31IN6O3S. The molecule has 4 N–H and O–H groups in total. The van der Waals surface area contributed by atoms with Crippen LogP contribution >= 0.6 is 24.0 Å². The fourth-order valence-corrected chi connectivity index (χ4v) is 3.28. The summed E-state index contributed by atoms with van der Waals surface area (Å²) in [6.07, 6.45) is 4.49. The minimum absolute atomic E-state index is 0. The van der Waals surface area contributed by atoms with Crippen molar-refractivity contribution in [3.63, 3.8) is 0 Å². The van der Waals surface area contributed by atoms with Gasteiger partial charge in [-0.2, -0.15) is 5.10 Å². The van der Waals surface area contributed by atoms with E-state index in [-0.39, 0.29) is 37.1 Å². The molecule has 152 valence electrons. The zero-order valence-electron chi connectivity index (χ0n) is 16.2. The van der Waals surface area contributed by atoms with Crippen LogP contribution in [-0.4, -0.2) is 60.7 Å². The van der Waals surface area contributed by atoms with Gasteiger partial charge in [-0.25, -0.2) is 13.1 Å². The smallest absolute Gasteiger partial charge is 0.209 e. The van der Waals surface area contributed by atoms with E-state index >= 15 is 0 Å². The van der Waals surface area contributed by atoms with Crippen LogP contribution in [0, 0.1) is 0 Å². The van der Waals surface area contributed by atoms with Crippen molar-refractivity contribution < 1.29 is 13.5 Å². The lowest BCUT2D eigenvalue weighted by atomic mass is 10.00. The number of nitrogens with one attached hydrogen (secondary N) is 3. The van der Waals surface area contributed by atoms with Gasteiger partial charge in [0.15, 0.2) is 5.96 Å². The van der Waals surface area contributed by atoms with Crippen molar-refractivity contribution in [1.29, 1.82) is 0 Å². The van der Waals surface area contributed by atoms with Gasteiger partial charge in [-0.1, -0.05) is 0 Å². The van der Waals surface area contributed by atoms with Crippen LogP contribution in [0.5, 0.6) is 0 Å². The number of hydrogen-bond acceptors (Lipinski definition) is 5. The molecule has 0 aliphatic rings. The van der Waals surface area contributed by atoms with Gasteiger partial charge < -0.3 is 15.7 Å². The van der Waals surface area contributed by atoms with Crippen LogP contribution in [0.1, 0.15) is 33.3 Å². The number of rotatable bonds is 8. The normalized spacial score (nSPS) is 15.1. The van der Waals surface area contributed by atoms with E-state index in [0.29, 0.717) is 18.1 Å². The predicted octanol–water partition coefficient (Wildman–Crippen LogP) is 0.129. The molecule has 1 atom stereocenters. The first kappa shape index (κ1) is 25.1. The molecule has 0 amide bonds. The summed E-state index contributed by atoms with van der Waals surface area (Å²) in [7, 11) is -1.53. The van der Waals surface area contributed by atoms with E-state index in [1.54, 1.807) is 44.9 Å². The van der Waals surface area contributed by atoms with Crippen molar-refractivity contribution >= 4 is 40.0 Å². The number of aryl methyl sites for hydroxylation is 1. The number of sulfonamides is 1. The van der Waals surface area contributed by atoms with E-state index in [0.717, 1.165) is 6.26 Å². The van der Waals surface area contributed by atoms with E-state index in [2.05, 4.69) is 25.4 Å². The number of aliphatic imine (C=N–C) groups is 1. The second-order valence-corrected chi connectivity index (χ2v) is 8.73. The molecule has 0 radical (unpaired) electrons. The highest BCUT2D eigenvalue weighted by Crippen LogP contribution is 2.18. The first-order chi connectivity index (χ1) is 11.3. The standard InChI is InChI=1S/C15H30N6O3S.HI/c1-7-16-13(17-10-14(2,3)20-25(6,23)24)18-11-15(4,22)12-8-19-21(5)9-12;/h8-9,20,22H,7,10-11H2,1-6H3,(H2,16,17,18);1H. The minimum Gasteiger partial charge on any atom is -0.383 e. The SMILES string of the molecule is CCNC(=NCC(C)(C)NS(C)(=O)=O)NCC(C)(O)c1cnn(C)c1.I. The van der Waals surface area contributed by atoms with E-state index in [9.17, 15) is 13.5 Å². The molecule has 11 heteroatoms. The van der Waals surface area contributed by atoms with Gasteiger partial charge in [0.05, 0.1) is 25.5 Å². The van der Waals surface area contributed by atoms with Crippen molar-refractivity contribution in [3.05, 3.63) is 18.0 Å². The highest BCUT2D eigenvalue weighted by Gasteiger charge is 2.26. The summed E-state index contributed by atoms with van der Waals surface area (Å²) >= 11 is 0. The van der Waals surface area contributed by atoms with E-state index < -0.39 is 21.2 Å². The molecule has 1 heterocycles. The van der Waals surface area contributed by atoms with Gasteiger partial charge >= 0.3 is 0 Å². The van der Waals surface area contributed by atoms with E-state index in [1.807, 2.05) is 6.92 Å². The topological polar surface area (TPSA) is 121 Å². The molecule has 1 aromatic heterocycles. The maximum Gasteiger partial charge on any atom is 0.209 e. The highest BCUT2D eigenvalue weighted by atomic mass is 127. The van der Waals surface area contributed by atoms with Crippen LogP contribution in [0.2, 0.25) is 0 Å². The van der Waals surface area contributed by atoms with Crippen LogP contribution in [0.25, 0.3) is 0 Å². The Kier molecular flexibility index (Phi) is 9.50. The van der Waals surface area contributed by atoms with Gasteiger partial charge in [-0.15, -0.1) is 24.0 Å². The van der Waals surface area contributed by atoms with Crippen LogP contribution in [0.4, 0.5) is 0 Å². The van der Waals surface area contributed by atoms with E-state index in [1.165, 1.54) is 0 Å². The highest BCUT2D eigenvalue weighted by molar-refractivity contribution is 14.0. The molecule has 1 aromatic rings. The van der Waals surface area contributed by atoms with E-state index in [4.69, 9.17) is 0 Å². The Morgan fingerprint density at radius 2 is 1.96 bits per heavy atom. The second kappa shape index (κ2) is 9.85. The summed E-state index contributed by atoms with van der Waals surface area (Å²) in [5.74, 6) is 0.495. The van der Waals surface area contributed by atoms with Gasteiger partial charge in [0.2, 0.25) is 10.0 Å². The molecule has 0 bridgehead atoms. The van der Waals surface area contributed by atoms with Gasteiger partial charge in [-0.05, 0) is 27.7 Å². The molecule has 0 saturated carbocycles. The molecule has 1 rings (SSSR count). The number of halogens is 1. The lowest BCUT2D eigenvalue weighted by molar-refractivity contribution is 0.0616. The first-order valence-electron chi connectivity index (χ1n) is 8.07. The van der Waals surface area contributed by atoms with Gasteiger partial charge in [0.1, 0.15) is 5.60 Å². The van der Waals surface area contributed by atoms with Crippen LogP contribution in [0.3, 0.4) is 0 Å². The Morgan fingerprint density at radius 1 is 1.35 bits per heavy atom. The van der Waals surface area contributed by atoms with Crippen molar-refractivity contribution in [2.75, 3.05) is 25.9 Å². The first-order valence-corrected chi connectivity index (χ1v) is 9.96. The quantitative estimate of drug-likeness (QED) is 0.228. The second-order valence-electron chi connectivity index (χ2n) is 6.98. The Balaban J connectivity index is 0.00000625. The maximum atomic E-state index is 11.4. The predicted molar refractivity (Wildman–Crippen MR) is 114 cm³/mol. The summed E-state index contributed by atoms with van der Waals surface area (Å²) in [6, 6.07) is 0. The Morgan fingerprint density at radius 3 is 2.42 bits per heavy atom. The average Bonchev–Trinajstić information content (AvgIpc) is 2.87. The van der Waals surface area contributed by atoms with Crippen LogP contribution < -0.4 is 15.4 Å². The lowest BCUT2D eigenvalue weighted by Crippen LogP contribution is -2.48. The monoisotopic (exact) mass is 502 g/mol. The van der Waals surface area contributed by atoms with Crippen LogP contribution in [0.15, 0.2) is 17.4 Å². The Hall–Kier alpha value is -0.920. The zero-order valence-corrected chi connectivity index (χ0v) is 19.3. The Labute approximate surface area is 173 Å². The summed E-state index contributed by atoms with van der Waals surface area (Å²) in [6.45, 7) is 8.24. The number of hydrogen-bond donors (Lipinski definition) is 4. The van der Waals surface area contributed by atoms with Crippen molar-refractivity contribution in [1.82, 2.24) is 25.1 Å². The largest absolute Gasteiger partial charge is 0.383 e. The zero-order chi connectivity index (χ0) is 19.3. The fraction of sp³-hybridized carbons (Fsp3) is 0.733. The molecule has 0 aliphatic carbocycles. The lowest BCUT2D eigenvalue weighted by Gasteiger charge is -2.25. The molecule has 0 aliphatic heterocycles. The van der Waals surface area contributed by atoms with Crippen molar-refractivity contribution in [2.45, 2.75) is 38.8 Å². The minimum atomic E-state index is -3.32. The van der Waals surface area contributed by atoms with Gasteiger partial charge in [-0.3, -0.25) is 9.67 Å². The summed E-state index contributed by atoms with van der Waals surface area (Å²) in [5, 5.41) is 20.8. The fourth-order valence-electron chi connectivity index (χ4n) is 2.21. The Bertz CT molecular complexity index is 700. The molecule has 0 saturated heterocycles. The molecule has 1 unspecified atom stereocenters. The number of aromatic nitrogens is 2. The van der Waals surface area contributed by atoms with Gasteiger partial charge in [0.25, 0.3) is 0 Å². The van der Waals surface area contributed by atoms with Crippen molar-refractivity contribution in [2.24, 2.45) is 12.0 Å². The maximum absolute atomic E-state index is 11.4. The molecular weight excluding hydrogens is 471 g/mol. The molecule has 0 aromatic carbocycles. The third-order valence-corrected chi connectivity index (χ3v) is 4.29. The van der Waals surface area contributed by atoms with Crippen LogP contribution in [-0.2, 0) is 22.7 Å². The number of nitrogens with zero attached hydrogens (tertiary/aromatic N) is 3. The third-order valence-electron chi connectivity index (χ3n) is 3.37. The molecule has 9 nitrogen and oxygen atoms in total. The summed E-state index contributed by atoms with van der Waals surface area (Å²) in [5.41, 5.74) is -1.15.